The number of ether oxygens (including phenoxy) is 2. The lowest BCUT2D eigenvalue weighted by Gasteiger charge is -2.44. The third kappa shape index (κ3) is 5.14. The van der Waals surface area contributed by atoms with E-state index in [0.717, 1.165) is 5.56 Å². The number of pyridine rings is 1. The van der Waals surface area contributed by atoms with Crippen LogP contribution in [-0.4, -0.2) is 71.1 Å². The molecule has 3 heterocycles. The van der Waals surface area contributed by atoms with Crippen molar-refractivity contribution in [2.45, 2.75) is 45.0 Å². The van der Waals surface area contributed by atoms with Crippen molar-refractivity contribution in [3.8, 4) is 5.75 Å². The van der Waals surface area contributed by atoms with Gasteiger partial charge in [-0.3, -0.25) is 24.3 Å². The molecule has 1 atom stereocenters. The third-order valence-corrected chi connectivity index (χ3v) is 6.69. The highest BCUT2D eigenvalue weighted by molar-refractivity contribution is 5.98. The predicted octanol–water partition coefficient (Wildman–Crippen LogP) is 2.22. The van der Waals surface area contributed by atoms with E-state index in [4.69, 9.17) is 9.47 Å². The molecule has 2 aliphatic heterocycles. The second-order valence-electron chi connectivity index (χ2n) is 9.23. The minimum atomic E-state index is -0.941. The van der Waals surface area contributed by atoms with Gasteiger partial charge in [0.1, 0.15) is 17.5 Å². The van der Waals surface area contributed by atoms with Crippen molar-refractivity contribution in [1.82, 2.24) is 20.1 Å². The minimum Gasteiger partial charge on any atom is -0.497 e. The number of piperidine rings is 1. The Labute approximate surface area is 205 Å². The zero-order valence-electron chi connectivity index (χ0n) is 20.4. The Bertz CT molecular complexity index is 1050. The number of carbonyl (C=O) groups excluding carboxylic acids is 3. The number of rotatable bonds is 6. The van der Waals surface area contributed by atoms with E-state index in [2.05, 4.69) is 10.3 Å². The summed E-state index contributed by atoms with van der Waals surface area (Å²) in [5, 5.41) is 2.93. The number of aromatic nitrogens is 1. The van der Waals surface area contributed by atoms with Crippen LogP contribution in [0.2, 0.25) is 0 Å². The summed E-state index contributed by atoms with van der Waals surface area (Å²) in [5.41, 5.74) is 0.419. The van der Waals surface area contributed by atoms with Gasteiger partial charge in [0.15, 0.2) is 0 Å². The highest BCUT2D eigenvalue weighted by atomic mass is 16.5. The molecule has 186 valence electrons. The molecular formula is C26H32N4O5. The smallest absolute Gasteiger partial charge is 0.256 e. The first-order valence-corrected chi connectivity index (χ1v) is 11.9. The molecular weight excluding hydrogens is 448 g/mol. The lowest BCUT2D eigenvalue weighted by atomic mass is 9.95. The van der Waals surface area contributed by atoms with Gasteiger partial charge in [0.25, 0.3) is 5.91 Å². The van der Waals surface area contributed by atoms with Crippen LogP contribution < -0.4 is 10.1 Å². The summed E-state index contributed by atoms with van der Waals surface area (Å²) >= 11 is 0. The van der Waals surface area contributed by atoms with Gasteiger partial charge in [-0.1, -0.05) is 13.8 Å². The van der Waals surface area contributed by atoms with Crippen LogP contribution in [0.5, 0.6) is 5.75 Å². The molecule has 0 bridgehead atoms. The second kappa shape index (κ2) is 10.4. The average Bonchev–Trinajstić information content (AvgIpc) is 3.26. The molecule has 0 unspecified atom stereocenters. The number of hydrogen-bond acceptors (Lipinski definition) is 6. The highest BCUT2D eigenvalue weighted by Crippen LogP contribution is 2.39. The van der Waals surface area contributed by atoms with E-state index in [-0.39, 0.29) is 30.2 Å². The van der Waals surface area contributed by atoms with Crippen LogP contribution in [0.25, 0.3) is 0 Å². The van der Waals surface area contributed by atoms with E-state index in [1.54, 1.807) is 48.7 Å². The Morgan fingerprint density at radius 2 is 1.77 bits per heavy atom. The van der Waals surface area contributed by atoms with Crippen LogP contribution >= 0.6 is 0 Å². The Morgan fingerprint density at radius 1 is 1.11 bits per heavy atom. The maximum Gasteiger partial charge on any atom is 0.256 e. The van der Waals surface area contributed by atoms with Gasteiger partial charge < -0.3 is 19.7 Å². The summed E-state index contributed by atoms with van der Waals surface area (Å²) in [6.45, 7) is 5.11. The zero-order chi connectivity index (χ0) is 25.0. The molecule has 9 heteroatoms. The van der Waals surface area contributed by atoms with Gasteiger partial charge in [-0.25, -0.2) is 0 Å². The minimum absolute atomic E-state index is 0.0810. The average molecular weight is 481 g/mol. The maximum atomic E-state index is 13.8. The van der Waals surface area contributed by atoms with E-state index in [1.165, 1.54) is 0 Å². The monoisotopic (exact) mass is 480 g/mol. The first kappa shape index (κ1) is 24.7. The van der Waals surface area contributed by atoms with Crippen molar-refractivity contribution in [2.24, 2.45) is 5.92 Å². The second-order valence-corrected chi connectivity index (χ2v) is 9.23. The topological polar surface area (TPSA) is 101 Å². The van der Waals surface area contributed by atoms with Crippen LogP contribution in [0.1, 0.15) is 42.6 Å². The Kier molecular flexibility index (Phi) is 7.35. The van der Waals surface area contributed by atoms with Crippen LogP contribution in [0, 0.1) is 5.92 Å². The molecule has 0 radical (unpaired) electrons. The van der Waals surface area contributed by atoms with Crippen molar-refractivity contribution in [1.29, 1.82) is 0 Å². The molecule has 1 spiro atoms. The molecule has 4 rings (SSSR count). The molecule has 3 amide bonds. The molecule has 0 saturated carbocycles. The van der Waals surface area contributed by atoms with E-state index >= 15 is 0 Å². The van der Waals surface area contributed by atoms with Gasteiger partial charge in [-0.15, -0.1) is 0 Å². The molecule has 0 aliphatic carbocycles. The molecule has 2 saturated heterocycles. The quantitative estimate of drug-likeness (QED) is 0.681. The van der Waals surface area contributed by atoms with Gasteiger partial charge in [0.2, 0.25) is 11.8 Å². The highest BCUT2D eigenvalue weighted by Gasteiger charge is 2.54. The van der Waals surface area contributed by atoms with Crippen LogP contribution in [0.3, 0.4) is 0 Å². The van der Waals surface area contributed by atoms with Crippen LogP contribution in [-0.2, 0) is 20.9 Å². The van der Waals surface area contributed by atoms with Crippen LogP contribution in [0.4, 0.5) is 0 Å². The van der Waals surface area contributed by atoms with Gasteiger partial charge in [-0.05, 0) is 42.0 Å². The first-order valence-electron chi connectivity index (χ1n) is 11.9. The predicted molar refractivity (Wildman–Crippen MR) is 128 cm³/mol. The van der Waals surface area contributed by atoms with Gasteiger partial charge in [0, 0.05) is 56.4 Å². The van der Waals surface area contributed by atoms with Crippen molar-refractivity contribution in [3.63, 3.8) is 0 Å². The van der Waals surface area contributed by atoms with Crippen LogP contribution in [0.15, 0.2) is 48.8 Å². The van der Waals surface area contributed by atoms with E-state index in [0.29, 0.717) is 43.8 Å². The molecule has 35 heavy (non-hydrogen) atoms. The Morgan fingerprint density at radius 3 is 2.37 bits per heavy atom. The maximum absolute atomic E-state index is 13.8. The summed E-state index contributed by atoms with van der Waals surface area (Å²) in [6.07, 6.45) is 4.23. The number of hydrogen-bond donors (Lipinski definition) is 1. The lowest BCUT2D eigenvalue weighted by molar-refractivity contribution is -0.146. The lowest BCUT2D eigenvalue weighted by Crippen LogP contribution is -2.60. The molecule has 1 aromatic heterocycles. The summed E-state index contributed by atoms with van der Waals surface area (Å²) < 4.78 is 11.4. The molecule has 2 aliphatic rings. The Hall–Kier alpha value is -3.46. The van der Waals surface area contributed by atoms with Crippen molar-refractivity contribution in [3.05, 3.63) is 59.9 Å². The van der Waals surface area contributed by atoms with E-state index in [1.807, 2.05) is 30.9 Å². The van der Waals surface area contributed by atoms with Crippen molar-refractivity contribution in [2.75, 3.05) is 26.8 Å². The molecule has 2 aromatic rings. The van der Waals surface area contributed by atoms with Crippen molar-refractivity contribution < 1.29 is 23.9 Å². The number of likely N-dealkylation sites (tertiary alicyclic amines) is 1. The number of benzene rings is 1. The standard InChI is InChI=1S/C26H32N4O5/c1-18(2)24(32)29-14-10-26(11-15-29)30(25(33)20-4-6-21(34-3)7-5-20)22(17-35-26)23(31)28-16-19-8-12-27-13-9-19/h4-9,12-13,18,22H,10-11,14-17H2,1-3H3,(H,28,31)/t22-/m1/s1. The largest absolute Gasteiger partial charge is 0.497 e. The number of methoxy groups -OCH3 is 1. The summed E-state index contributed by atoms with van der Waals surface area (Å²) in [5.74, 6) is 0.0648. The van der Waals surface area contributed by atoms with Gasteiger partial charge >= 0.3 is 0 Å². The summed E-state index contributed by atoms with van der Waals surface area (Å²) in [4.78, 5) is 46.9. The SMILES string of the molecule is COc1ccc(C(=O)N2[C@@H](C(=O)NCc3ccncc3)COC23CCN(C(=O)C(C)C)CC3)cc1. The number of carbonyl (C=O) groups is 3. The van der Waals surface area contributed by atoms with E-state index in [9.17, 15) is 14.4 Å². The fourth-order valence-corrected chi connectivity index (χ4v) is 4.69. The normalized spacial score (nSPS) is 19.1. The van der Waals surface area contributed by atoms with Gasteiger partial charge in [0.05, 0.1) is 13.7 Å². The molecule has 2 fully saturated rings. The molecule has 1 aromatic carbocycles. The summed E-state index contributed by atoms with van der Waals surface area (Å²) in [6, 6.07) is 9.70. The summed E-state index contributed by atoms with van der Waals surface area (Å²) in [7, 11) is 1.57. The molecule has 9 nitrogen and oxygen atoms in total. The fourth-order valence-electron chi connectivity index (χ4n) is 4.69. The number of nitrogens with one attached hydrogen (secondary N) is 1. The number of nitrogens with zero attached hydrogens (tertiary/aromatic N) is 3. The number of amides is 3. The van der Waals surface area contributed by atoms with Gasteiger partial charge in [-0.2, -0.15) is 0 Å². The third-order valence-electron chi connectivity index (χ3n) is 6.69. The van der Waals surface area contributed by atoms with Crippen molar-refractivity contribution >= 4 is 17.7 Å². The Balaban J connectivity index is 1.57. The zero-order valence-corrected chi connectivity index (χ0v) is 20.4. The molecule has 1 N–H and O–H groups in total. The van der Waals surface area contributed by atoms with E-state index < -0.39 is 11.8 Å². The first-order chi connectivity index (χ1) is 16.8. The fraction of sp³-hybridized carbons (Fsp3) is 0.462.